The lowest BCUT2D eigenvalue weighted by Crippen LogP contribution is -2.51. The molecule has 0 saturated carbocycles. The van der Waals surface area contributed by atoms with Crippen molar-refractivity contribution < 1.29 is 22.7 Å². The van der Waals surface area contributed by atoms with E-state index in [0.29, 0.717) is 17.9 Å². The third-order valence-corrected chi connectivity index (χ3v) is 8.81. The highest BCUT2D eigenvalue weighted by Gasteiger charge is 2.32. The zero-order valence-electron chi connectivity index (χ0n) is 22.6. The number of hydrogen-bond acceptors (Lipinski definition) is 5. The van der Waals surface area contributed by atoms with Gasteiger partial charge >= 0.3 is 0 Å². The highest BCUT2D eigenvalue weighted by molar-refractivity contribution is 7.92. The predicted octanol–water partition coefficient (Wildman–Crippen LogP) is 5.53. The Morgan fingerprint density at radius 2 is 1.70 bits per heavy atom. The molecule has 0 saturated heterocycles. The zero-order chi connectivity index (χ0) is 29.3. The average Bonchev–Trinajstić information content (AvgIpc) is 2.96. The molecule has 0 aliphatic rings. The van der Waals surface area contributed by atoms with Crippen LogP contribution in [0.2, 0.25) is 10.0 Å². The van der Waals surface area contributed by atoms with Crippen LogP contribution in [0.5, 0.6) is 5.75 Å². The molecule has 0 bridgehead atoms. The number of benzene rings is 3. The van der Waals surface area contributed by atoms with Crippen LogP contribution < -0.4 is 14.4 Å². The molecule has 0 aliphatic heterocycles. The summed E-state index contributed by atoms with van der Waals surface area (Å²) in [6, 6.07) is 18.4. The lowest BCUT2D eigenvalue weighted by molar-refractivity contribution is -0.139. The fourth-order valence-electron chi connectivity index (χ4n) is 3.97. The van der Waals surface area contributed by atoms with E-state index in [4.69, 9.17) is 27.9 Å². The van der Waals surface area contributed by atoms with E-state index in [1.165, 1.54) is 42.3 Å². The van der Waals surface area contributed by atoms with E-state index in [1.807, 2.05) is 13.0 Å². The monoisotopic (exact) mass is 605 g/mol. The SMILES string of the molecule is CCCCNC(=O)[C@H](C)N(Cc1cccc(OC)c1)C(=O)CN(c1ccc(Cl)c(Cl)c1)S(=O)(=O)c1ccccc1. The highest BCUT2D eigenvalue weighted by atomic mass is 35.5. The standard InChI is InChI=1S/C29H33Cl2N3O5S/c1-4-5-16-32-29(36)21(2)33(19-22-10-9-11-24(17-22)39-3)28(35)20-34(23-14-15-26(30)27(31)18-23)40(37,38)25-12-7-6-8-13-25/h6-15,17-18,21H,4-5,16,19-20H2,1-3H3,(H,32,36)/t21-/m0/s1. The number of carbonyl (C=O) groups is 2. The predicted molar refractivity (Wildman–Crippen MR) is 158 cm³/mol. The Morgan fingerprint density at radius 1 is 0.975 bits per heavy atom. The number of nitrogens with zero attached hydrogens (tertiary/aromatic N) is 2. The third kappa shape index (κ3) is 7.90. The number of nitrogens with one attached hydrogen (secondary N) is 1. The number of ether oxygens (including phenoxy) is 1. The van der Waals surface area contributed by atoms with E-state index in [0.717, 1.165) is 17.1 Å². The van der Waals surface area contributed by atoms with Crippen molar-refractivity contribution >= 4 is 50.7 Å². The molecule has 0 radical (unpaired) electrons. The van der Waals surface area contributed by atoms with Gasteiger partial charge in [0.2, 0.25) is 11.8 Å². The van der Waals surface area contributed by atoms with Gasteiger partial charge in [0.1, 0.15) is 18.3 Å². The molecule has 0 heterocycles. The van der Waals surface area contributed by atoms with Gasteiger partial charge in [0, 0.05) is 13.1 Å². The minimum absolute atomic E-state index is 0.00132. The van der Waals surface area contributed by atoms with Gasteiger partial charge in [-0.25, -0.2) is 8.42 Å². The smallest absolute Gasteiger partial charge is 0.264 e. The molecular weight excluding hydrogens is 573 g/mol. The zero-order valence-corrected chi connectivity index (χ0v) is 25.0. The van der Waals surface area contributed by atoms with Gasteiger partial charge in [-0.3, -0.25) is 13.9 Å². The minimum Gasteiger partial charge on any atom is -0.497 e. The molecule has 0 aliphatic carbocycles. The van der Waals surface area contributed by atoms with Crippen molar-refractivity contribution in [1.29, 1.82) is 0 Å². The van der Waals surface area contributed by atoms with Crippen molar-refractivity contribution in [3.8, 4) is 5.75 Å². The van der Waals surface area contributed by atoms with Crippen LogP contribution in [0.25, 0.3) is 0 Å². The molecule has 0 aromatic heterocycles. The van der Waals surface area contributed by atoms with E-state index < -0.39 is 28.5 Å². The van der Waals surface area contributed by atoms with E-state index in [2.05, 4.69) is 5.32 Å². The fourth-order valence-corrected chi connectivity index (χ4v) is 5.69. The van der Waals surface area contributed by atoms with Crippen LogP contribution in [-0.2, 0) is 26.2 Å². The molecule has 8 nitrogen and oxygen atoms in total. The summed E-state index contributed by atoms with van der Waals surface area (Å²) in [4.78, 5) is 28.3. The van der Waals surface area contributed by atoms with Crippen molar-refractivity contribution in [3.63, 3.8) is 0 Å². The van der Waals surface area contributed by atoms with Gasteiger partial charge < -0.3 is 15.0 Å². The Bertz CT molecular complexity index is 1420. The van der Waals surface area contributed by atoms with Crippen LogP contribution >= 0.6 is 23.2 Å². The molecule has 11 heteroatoms. The molecule has 40 heavy (non-hydrogen) atoms. The molecule has 1 atom stereocenters. The van der Waals surface area contributed by atoms with Crippen molar-refractivity contribution in [3.05, 3.63) is 88.4 Å². The number of methoxy groups -OCH3 is 1. The van der Waals surface area contributed by atoms with Gasteiger partial charge in [-0.1, -0.05) is 66.9 Å². The van der Waals surface area contributed by atoms with Gasteiger partial charge in [0.05, 0.1) is 27.7 Å². The normalized spacial score (nSPS) is 11.9. The quantitative estimate of drug-likeness (QED) is 0.258. The second-order valence-electron chi connectivity index (χ2n) is 9.12. The molecule has 3 aromatic carbocycles. The number of anilines is 1. The van der Waals surface area contributed by atoms with E-state index >= 15 is 0 Å². The maximum Gasteiger partial charge on any atom is 0.264 e. The molecule has 0 unspecified atom stereocenters. The maximum absolute atomic E-state index is 13.9. The summed E-state index contributed by atoms with van der Waals surface area (Å²) < 4.78 is 33.9. The van der Waals surface area contributed by atoms with Crippen LogP contribution in [-0.4, -0.2) is 51.4 Å². The number of carbonyl (C=O) groups excluding carboxylic acids is 2. The topological polar surface area (TPSA) is 96.0 Å². The first-order chi connectivity index (χ1) is 19.1. The number of halogens is 2. The van der Waals surface area contributed by atoms with Crippen molar-refractivity contribution in [1.82, 2.24) is 10.2 Å². The van der Waals surface area contributed by atoms with Gasteiger partial charge in [-0.05, 0) is 61.4 Å². The number of unbranched alkanes of at least 4 members (excludes halogenated alkanes) is 1. The van der Waals surface area contributed by atoms with Crippen molar-refractivity contribution in [2.45, 2.75) is 44.2 Å². The number of amides is 2. The van der Waals surface area contributed by atoms with Gasteiger partial charge in [0.25, 0.3) is 10.0 Å². The van der Waals surface area contributed by atoms with E-state index in [-0.39, 0.29) is 33.1 Å². The summed E-state index contributed by atoms with van der Waals surface area (Å²) in [5.74, 6) is -0.322. The summed E-state index contributed by atoms with van der Waals surface area (Å²) in [6.07, 6.45) is 1.69. The summed E-state index contributed by atoms with van der Waals surface area (Å²) in [6.45, 7) is 3.58. The summed E-state index contributed by atoms with van der Waals surface area (Å²) in [5, 5.41) is 3.24. The van der Waals surface area contributed by atoms with E-state index in [1.54, 1.807) is 43.3 Å². The van der Waals surface area contributed by atoms with Crippen LogP contribution in [0.3, 0.4) is 0 Å². The summed E-state index contributed by atoms with van der Waals surface area (Å²) in [7, 11) is -2.66. The highest BCUT2D eigenvalue weighted by Crippen LogP contribution is 2.31. The van der Waals surface area contributed by atoms with Crippen LogP contribution in [0, 0.1) is 0 Å². The first-order valence-corrected chi connectivity index (χ1v) is 15.0. The third-order valence-electron chi connectivity index (χ3n) is 6.29. The minimum atomic E-state index is -4.20. The number of sulfonamides is 1. The Morgan fingerprint density at radius 3 is 2.35 bits per heavy atom. The Kier molecular flexibility index (Phi) is 11.2. The first-order valence-electron chi connectivity index (χ1n) is 12.8. The largest absolute Gasteiger partial charge is 0.497 e. The lowest BCUT2D eigenvalue weighted by Gasteiger charge is -2.32. The first kappa shape index (κ1) is 31.3. The van der Waals surface area contributed by atoms with Crippen molar-refractivity contribution in [2.75, 3.05) is 24.5 Å². The molecule has 1 N–H and O–H groups in total. The molecular formula is C29H33Cl2N3O5S. The second kappa shape index (κ2) is 14.4. The fraction of sp³-hybridized carbons (Fsp3) is 0.310. The van der Waals surface area contributed by atoms with Gasteiger partial charge in [-0.2, -0.15) is 0 Å². The van der Waals surface area contributed by atoms with Crippen LogP contribution in [0.4, 0.5) is 5.69 Å². The van der Waals surface area contributed by atoms with Crippen molar-refractivity contribution in [2.24, 2.45) is 0 Å². The van der Waals surface area contributed by atoms with Gasteiger partial charge in [0.15, 0.2) is 0 Å². The molecule has 0 spiro atoms. The van der Waals surface area contributed by atoms with E-state index in [9.17, 15) is 18.0 Å². The maximum atomic E-state index is 13.9. The molecule has 214 valence electrons. The average molecular weight is 607 g/mol. The summed E-state index contributed by atoms with van der Waals surface area (Å²) in [5.41, 5.74) is 0.876. The Balaban J connectivity index is 2.02. The second-order valence-corrected chi connectivity index (χ2v) is 11.8. The molecule has 0 fully saturated rings. The Hall–Kier alpha value is -3.27. The Labute approximate surface area is 245 Å². The lowest BCUT2D eigenvalue weighted by atomic mass is 10.1. The molecule has 3 rings (SSSR count). The van der Waals surface area contributed by atoms with Crippen LogP contribution in [0.15, 0.2) is 77.7 Å². The van der Waals surface area contributed by atoms with Gasteiger partial charge in [-0.15, -0.1) is 0 Å². The summed E-state index contributed by atoms with van der Waals surface area (Å²) >= 11 is 12.3. The molecule has 3 aromatic rings. The number of hydrogen-bond donors (Lipinski definition) is 1. The number of rotatable bonds is 13. The van der Waals surface area contributed by atoms with Crippen LogP contribution in [0.1, 0.15) is 32.3 Å². The molecule has 2 amide bonds.